The second-order valence-corrected chi connectivity index (χ2v) is 3.38. The number of hydrogen-bond acceptors (Lipinski definition) is 4. The molecular formula is C10H14ClFN2O3. The van der Waals surface area contributed by atoms with Gasteiger partial charge in [0.15, 0.2) is 0 Å². The Balaban J connectivity index is 0.00000256. The van der Waals surface area contributed by atoms with Gasteiger partial charge in [0.25, 0.3) is 0 Å². The van der Waals surface area contributed by atoms with Crippen LogP contribution in [0.2, 0.25) is 0 Å². The summed E-state index contributed by atoms with van der Waals surface area (Å²) in [6.07, 6.45) is 0.329. The van der Waals surface area contributed by atoms with Gasteiger partial charge in [-0.1, -0.05) is 0 Å². The Morgan fingerprint density at radius 2 is 2.06 bits per heavy atom. The Hall–Kier alpha value is -1.37. The first kappa shape index (κ1) is 15.6. The van der Waals surface area contributed by atoms with Crippen molar-refractivity contribution in [3.8, 4) is 5.75 Å². The number of carboxylic acid groups (broad SMARTS) is 1. The molecule has 0 fully saturated rings. The molecule has 17 heavy (non-hydrogen) atoms. The minimum absolute atomic E-state index is 0. The number of rotatable bonds is 4. The van der Waals surface area contributed by atoms with E-state index in [1.165, 1.54) is 0 Å². The molecule has 96 valence electrons. The Morgan fingerprint density at radius 3 is 2.53 bits per heavy atom. The molecule has 1 aromatic rings. The van der Waals surface area contributed by atoms with Crippen LogP contribution in [0.25, 0.3) is 0 Å². The third kappa shape index (κ3) is 3.55. The lowest BCUT2D eigenvalue weighted by Gasteiger charge is -2.14. The van der Waals surface area contributed by atoms with Crippen molar-refractivity contribution in [2.75, 3.05) is 6.54 Å². The quantitative estimate of drug-likeness (QED) is 0.649. The molecule has 1 aromatic carbocycles. The lowest BCUT2D eigenvalue weighted by molar-refractivity contribution is 0.0693. The van der Waals surface area contributed by atoms with Crippen LogP contribution in [0.1, 0.15) is 28.4 Å². The molecule has 0 aromatic heterocycles. The van der Waals surface area contributed by atoms with Gasteiger partial charge >= 0.3 is 5.97 Å². The monoisotopic (exact) mass is 264 g/mol. The molecule has 5 nitrogen and oxygen atoms in total. The fourth-order valence-corrected chi connectivity index (χ4v) is 1.40. The molecule has 1 atom stereocenters. The maximum atomic E-state index is 13.1. The van der Waals surface area contributed by atoms with Crippen LogP contribution < -0.4 is 11.5 Å². The summed E-state index contributed by atoms with van der Waals surface area (Å²) < 4.78 is 13.1. The first-order chi connectivity index (χ1) is 7.47. The van der Waals surface area contributed by atoms with Gasteiger partial charge in [-0.25, -0.2) is 9.18 Å². The fraction of sp³-hybridized carbons (Fsp3) is 0.300. The van der Waals surface area contributed by atoms with E-state index >= 15 is 0 Å². The Bertz CT molecular complexity index is 415. The number of aromatic hydroxyl groups is 1. The molecule has 0 aliphatic heterocycles. The third-order valence-corrected chi connectivity index (χ3v) is 2.21. The third-order valence-electron chi connectivity index (χ3n) is 2.21. The second kappa shape index (κ2) is 6.39. The molecule has 0 aliphatic rings. The molecule has 0 aliphatic carbocycles. The molecule has 0 saturated heterocycles. The number of halogens is 2. The van der Waals surface area contributed by atoms with E-state index in [1.54, 1.807) is 0 Å². The van der Waals surface area contributed by atoms with E-state index in [9.17, 15) is 14.3 Å². The lowest BCUT2D eigenvalue weighted by Crippen LogP contribution is -2.16. The molecule has 6 N–H and O–H groups in total. The topological polar surface area (TPSA) is 110 Å². The smallest absolute Gasteiger partial charge is 0.339 e. The molecule has 0 radical (unpaired) electrons. The predicted octanol–water partition coefficient (Wildman–Crippen LogP) is 1.000. The van der Waals surface area contributed by atoms with Crippen molar-refractivity contribution in [1.82, 2.24) is 0 Å². The van der Waals surface area contributed by atoms with Gasteiger partial charge in [0.05, 0.1) is 0 Å². The van der Waals surface area contributed by atoms with Crippen molar-refractivity contribution >= 4 is 18.4 Å². The minimum Gasteiger partial charge on any atom is -0.507 e. The summed E-state index contributed by atoms with van der Waals surface area (Å²) in [6.45, 7) is 0.263. The SMILES string of the molecule is Cl.NCC[C@@H](N)c1cc(F)cc(C(=O)O)c1O. The Kier molecular flexibility index (Phi) is 5.87. The number of aromatic carboxylic acids is 1. The van der Waals surface area contributed by atoms with E-state index in [2.05, 4.69) is 0 Å². The van der Waals surface area contributed by atoms with E-state index in [0.717, 1.165) is 12.1 Å². The summed E-state index contributed by atoms with van der Waals surface area (Å²) in [6, 6.07) is 1.08. The molecule has 0 heterocycles. The number of nitrogens with two attached hydrogens (primary N) is 2. The van der Waals surface area contributed by atoms with Gasteiger partial charge in [-0.3, -0.25) is 0 Å². The summed E-state index contributed by atoms with van der Waals surface area (Å²) in [5.74, 6) is -2.66. The highest BCUT2D eigenvalue weighted by Gasteiger charge is 2.19. The summed E-state index contributed by atoms with van der Waals surface area (Å²) in [4.78, 5) is 10.7. The highest BCUT2D eigenvalue weighted by atomic mass is 35.5. The second-order valence-electron chi connectivity index (χ2n) is 3.38. The number of benzene rings is 1. The molecule has 0 spiro atoms. The van der Waals surface area contributed by atoms with Crippen LogP contribution >= 0.6 is 12.4 Å². The standard InChI is InChI=1S/C10H13FN2O3.ClH/c11-5-3-6(8(13)1-2-12)9(14)7(4-5)10(15)16;/h3-4,8,14H,1-2,12-13H2,(H,15,16);1H/t8-;/m1./s1. The van der Waals surface area contributed by atoms with E-state index < -0.39 is 29.1 Å². The molecule has 0 bridgehead atoms. The number of carboxylic acids is 1. The van der Waals surface area contributed by atoms with Gasteiger partial charge in [-0.2, -0.15) is 0 Å². The van der Waals surface area contributed by atoms with Crippen molar-refractivity contribution in [1.29, 1.82) is 0 Å². The van der Waals surface area contributed by atoms with Crippen LogP contribution in [0.5, 0.6) is 5.75 Å². The van der Waals surface area contributed by atoms with Crippen molar-refractivity contribution in [2.45, 2.75) is 12.5 Å². The van der Waals surface area contributed by atoms with Gasteiger partial charge < -0.3 is 21.7 Å². The largest absolute Gasteiger partial charge is 0.507 e. The van der Waals surface area contributed by atoms with Crippen molar-refractivity contribution in [3.05, 3.63) is 29.1 Å². The molecule has 7 heteroatoms. The normalized spacial score (nSPS) is 11.7. The predicted molar refractivity (Wildman–Crippen MR) is 62.9 cm³/mol. The Labute approximate surface area is 104 Å². The number of phenols is 1. The maximum absolute atomic E-state index is 13.1. The van der Waals surface area contributed by atoms with Gasteiger partial charge in [-0.05, 0) is 25.1 Å². The summed E-state index contributed by atoms with van der Waals surface area (Å²) >= 11 is 0. The fourth-order valence-electron chi connectivity index (χ4n) is 1.40. The maximum Gasteiger partial charge on any atom is 0.339 e. The molecule has 0 unspecified atom stereocenters. The summed E-state index contributed by atoms with van der Waals surface area (Å²) in [7, 11) is 0. The average molecular weight is 265 g/mol. The average Bonchev–Trinajstić information content (AvgIpc) is 2.20. The van der Waals surface area contributed by atoms with Gasteiger partial charge in [-0.15, -0.1) is 12.4 Å². The van der Waals surface area contributed by atoms with Crippen molar-refractivity contribution in [2.24, 2.45) is 11.5 Å². The van der Waals surface area contributed by atoms with Crippen LogP contribution in [0.4, 0.5) is 4.39 Å². The van der Waals surface area contributed by atoms with Crippen LogP contribution in [-0.2, 0) is 0 Å². The van der Waals surface area contributed by atoms with Crippen LogP contribution in [0.15, 0.2) is 12.1 Å². The zero-order chi connectivity index (χ0) is 12.3. The highest BCUT2D eigenvalue weighted by Crippen LogP contribution is 2.29. The number of hydrogen-bond donors (Lipinski definition) is 4. The zero-order valence-electron chi connectivity index (χ0n) is 8.89. The molecular weight excluding hydrogens is 251 g/mol. The first-order valence-corrected chi connectivity index (χ1v) is 4.68. The zero-order valence-corrected chi connectivity index (χ0v) is 9.71. The Morgan fingerprint density at radius 1 is 1.47 bits per heavy atom. The van der Waals surface area contributed by atoms with Crippen molar-refractivity contribution in [3.63, 3.8) is 0 Å². The number of carbonyl (C=O) groups is 1. The highest BCUT2D eigenvalue weighted by molar-refractivity contribution is 5.91. The molecule has 0 saturated carbocycles. The van der Waals surface area contributed by atoms with E-state index in [-0.39, 0.29) is 24.5 Å². The van der Waals surface area contributed by atoms with Gasteiger partial charge in [0.2, 0.25) is 0 Å². The van der Waals surface area contributed by atoms with Crippen molar-refractivity contribution < 1.29 is 19.4 Å². The van der Waals surface area contributed by atoms with E-state index in [1.807, 2.05) is 0 Å². The van der Waals surface area contributed by atoms with Crippen LogP contribution in [0.3, 0.4) is 0 Å². The van der Waals surface area contributed by atoms with Gasteiger partial charge in [0.1, 0.15) is 17.1 Å². The van der Waals surface area contributed by atoms with Crippen LogP contribution in [-0.4, -0.2) is 22.7 Å². The lowest BCUT2D eigenvalue weighted by atomic mass is 10.00. The van der Waals surface area contributed by atoms with Gasteiger partial charge in [0, 0.05) is 11.6 Å². The summed E-state index contributed by atoms with van der Waals surface area (Å²) in [5, 5.41) is 18.3. The summed E-state index contributed by atoms with van der Waals surface area (Å²) in [5.41, 5.74) is 10.5. The minimum atomic E-state index is -1.40. The first-order valence-electron chi connectivity index (χ1n) is 4.68. The van der Waals surface area contributed by atoms with E-state index in [0.29, 0.717) is 6.42 Å². The van der Waals surface area contributed by atoms with E-state index in [4.69, 9.17) is 16.6 Å². The van der Waals surface area contributed by atoms with Crippen LogP contribution in [0, 0.1) is 5.82 Å². The molecule has 1 rings (SSSR count). The molecule has 0 amide bonds.